The molecule has 0 bridgehead atoms. The van der Waals surface area contributed by atoms with Crippen molar-refractivity contribution in [2.75, 3.05) is 13.6 Å². The number of hydrogen-bond acceptors (Lipinski definition) is 2. The molecule has 1 N–H and O–H groups in total. The van der Waals surface area contributed by atoms with Crippen LogP contribution in [0.4, 0.5) is 0 Å². The zero-order valence-corrected chi connectivity index (χ0v) is 12.4. The van der Waals surface area contributed by atoms with Crippen LogP contribution >= 0.6 is 0 Å². The average Bonchev–Trinajstić information content (AvgIpc) is 3.19. The molecule has 2 aliphatic rings. The summed E-state index contributed by atoms with van der Waals surface area (Å²) in [5.74, 6) is 2.00. The molecule has 2 saturated carbocycles. The topological polar surface area (TPSA) is 29.9 Å². The molecular weight excluding hydrogens is 246 g/mol. The lowest BCUT2D eigenvalue weighted by Crippen LogP contribution is -2.42. The second kappa shape index (κ2) is 4.32. The Kier molecular flexibility index (Phi) is 2.68. The van der Waals surface area contributed by atoms with Crippen molar-refractivity contribution in [3.63, 3.8) is 0 Å². The molecule has 0 unspecified atom stereocenters. The van der Waals surface area contributed by atoms with Crippen LogP contribution in [0.25, 0.3) is 11.0 Å². The van der Waals surface area contributed by atoms with Crippen LogP contribution in [0, 0.1) is 0 Å². The average molecular weight is 269 g/mol. The van der Waals surface area contributed by atoms with Gasteiger partial charge in [-0.25, -0.2) is 4.98 Å². The van der Waals surface area contributed by atoms with Crippen molar-refractivity contribution in [1.82, 2.24) is 14.9 Å². The van der Waals surface area contributed by atoms with Crippen molar-refractivity contribution >= 4 is 11.0 Å². The summed E-state index contributed by atoms with van der Waals surface area (Å²) in [4.78, 5) is 4.91. The van der Waals surface area contributed by atoms with Gasteiger partial charge in [-0.1, -0.05) is 12.5 Å². The van der Waals surface area contributed by atoms with E-state index in [4.69, 9.17) is 4.98 Å². The first-order chi connectivity index (χ1) is 9.73. The maximum atomic E-state index is 4.91. The molecule has 0 radical (unpaired) electrons. The molecule has 2 aromatic rings. The summed E-state index contributed by atoms with van der Waals surface area (Å²) in [5.41, 5.74) is 4.31. The molecule has 0 amide bonds. The molecule has 1 aromatic carbocycles. The van der Waals surface area contributed by atoms with Crippen molar-refractivity contribution in [2.24, 2.45) is 7.05 Å². The minimum absolute atomic E-state index is 0.361. The number of imidazole rings is 1. The van der Waals surface area contributed by atoms with Gasteiger partial charge < -0.3 is 9.88 Å². The van der Waals surface area contributed by atoms with E-state index in [1.165, 1.54) is 54.5 Å². The van der Waals surface area contributed by atoms with Crippen molar-refractivity contribution in [3.8, 4) is 0 Å². The zero-order valence-electron chi connectivity index (χ0n) is 12.4. The SMILES string of the molecule is CNCC1(c2ccc3c(c2)nc(C2CC2)n3C)CCC1. The van der Waals surface area contributed by atoms with E-state index in [-0.39, 0.29) is 0 Å². The molecule has 3 heteroatoms. The fraction of sp³-hybridized carbons (Fsp3) is 0.588. The van der Waals surface area contributed by atoms with Gasteiger partial charge in [-0.05, 0) is 50.4 Å². The molecule has 106 valence electrons. The van der Waals surface area contributed by atoms with E-state index in [2.05, 4.69) is 42.2 Å². The van der Waals surface area contributed by atoms with Gasteiger partial charge in [0.15, 0.2) is 0 Å². The maximum absolute atomic E-state index is 4.91. The summed E-state index contributed by atoms with van der Waals surface area (Å²) in [6.45, 7) is 1.08. The van der Waals surface area contributed by atoms with Crippen LogP contribution < -0.4 is 5.32 Å². The van der Waals surface area contributed by atoms with E-state index in [0.29, 0.717) is 11.3 Å². The van der Waals surface area contributed by atoms with Gasteiger partial charge in [-0.15, -0.1) is 0 Å². The third-order valence-electron chi connectivity index (χ3n) is 5.30. The van der Waals surface area contributed by atoms with Crippen molar-refractivity contribution in [3.05, 3.63) is 29.6 Å². The van der Waals surface area contributed by atoms with E-state index < -0.39 is 0 Å². The van der Waals surface area contributed by atoms with Gasteiger partial charge in [-0.2, -0.15) is 0 Å². The Morgan fingerprint density at radius 3 is 2.75 bits per heavy atom. The Hall–Kier alpha value is -1.35. The highest BCUT2D eigenvalue weighted by molar-refractivity contribution is 5.77. The Bertz CT molecular complexity index is 648. The van der Waals surface area contributed by atoms with E-state index in [0.717, 1.165) is 6.54 Å². The summed E-state index contributed by atoms with van der Waals surface area (Å²) < 4.78 is 2.29. The monoisotopic (exact) mass is 269 g/mol. The number of hydrogen-bond donors (Lipinski definition) is 1. The van der Waals surface area contributed by atoms with Gasteiger partial charge in [0.25, 0.3) is 0 Å². The molecule has 0 spiro atoms. The van der Waals surface area contributed by atoms with Crippen LogP contribution in [0.2, 0.25) is 0 Å². The predicted octanol–water partition coefficient (Wildman–Crippen LogP) is 3.09. The smallest absolute Gasteiger partial charge is 0.112 e. The Labute approximate surface area is 120 Å². The van der Waals surface area contributed by atoms with Crippen molar-refractivity contribution < 1.29 is 0 Å². The van der Waals surface area contributed by atoms with Crippen molar-refractivity contribution in [1.29, 1.82) is 0 Å². The normalized spacial score (nSPS) is 21.1. The number of fused-ring (bicyclic) bond motifs is 1. The molecule has 0 atom stereocenters. The van der Waals surface area contributed by atoms with Gasteiger partial charge in [-0.3, -0.25) is 0 Å². The Morgan fingerprint density at radius 1 is 1.35 bits per heavy atom. The zero-order chi connectivity index (χ0) is 13.7. The molecule has 0 aliphatic heterocycles. The van der Waals surface area contributed by atoms with Crippen LogP contribution in [0.5, 0.6) is 0 Å². The van der Waals surface area contributed by atoms with Crippen LogP contribution in [-0.4, -0.2) is 23.1 Å². The molecule has 3 nitrogen and oxygen atoms in total. The lowest BCUT2D eigenvalue weighted by Gasteiger charge is -2.42. The number of benzene rings is 1. The minimum Gasteiger partial charge on any atom is -0.331 e. The summed E-state index contributed by atoms with van der Waals surface area (Å²) in [6.07, 6.45) is 6.60. The number of rotatable bonds is 4. The molecule has 0 saturated heterocycles. The molecule has 2 fully saturated rings. The number of aromatic nitrogens is 2. The van der Waals surface area contributed by atoms with E-state index in [1.807, 2.05) is 0 Å². The fourth-order valence-corrected chi connectivity index (χ4v) is 3.76. The molecule has 20 heavy (non-hydrogen) atoms. The van der Waals surface area contributed by atoms with Gasteiger partial charge in [0.05, 0.1) is 11.0 Å². The summed E-state index contributed by atoms with van der Waals surface area (Å²) in [5, 5.41) is 3.38. The third-order valence-corrected chi connectivity index (χ3v) is 5.30. The number of nitrogens with zero attached hydrogens (tertiary/aromatic N) is 2. The summed E-state index contributed by atoms with van der Waals surface area (Å²) in [6, 6.07) is 6.95. The number of likely N-dealkylation sites (N-methyl/N-ethyl adjacent to an activating group) is 1. The molecule has 1 aromatic heterocycles. The van der Waals surface area contributed by atoms with Crippen LogP contribution in [-0.2, 0) is 12.5 Å². The maximum Gasteiger partial charge on any atom is 0.112 e. The second-order valence-corrected chi connectivity index (χ2v) is 6.67. The molecular formula is C17H23N3. The molecule has 2 aliphatic carbocycles. The van der Waals surface area contributed by atoms with E-state index in [9.17, 15) is 0 Å². The lowest BCUT2D eigenvalue weighted by molar-refractivity contribution is 0.239. The first kappa shape index (κ1) is 12.4. The standard InChI is InChI=1S/C17H23N3/c1-18-11-17(8-3-9-17)13-6-7-15-14(10-13)19-16(20(15)2)12-4-5-12/h6-7,10,12,18H,3-5,8-9,11H2,1-2H3. The largest absolute Gasteiger partial charge is 0.331 e. The minimum atomic E-state index is 0.361. The molecule has 4 rings (SSSR count). The van der Waals surface area contributed by atoms with Crippen LogP contribution in [0.15, 0.2) is 18.2 Å². The third kappa shape index (κ3) is 1.72. The van der Waals surface area contributed by atoms with Gasteiger partial charge >= 0.3 is 0 Å². The highest BCUT2D eigenvalue weighted by Crippen LogP contribution is 2.45. The number of aryl methyl sites for hydroxylation is 1. The fourth-order valence-electron chi connectivity index (χ4n) is 3.76. The lowest BCUT2D eigenvalue weighted by atomic mass is 9.64. The highest BCUT2D eigenvalue weighted by Gasteiger charge is 2.38. The first-order valence-corrected chi connectivity index (χ1v) is 7.85. The first-order valence-electron chi connectivity index (χ1n) is 7.85. The van der Waals surface area contributed by atoms with Crippen molar-refractivity contribution in [2.45, 2.75) is 43.4 Å². The Balaban J connectivity index is 1.78. The summed E-state index contributed by atoms with van der Waals surface area (Å²) >= 11 is 0. The van der Waals surface area contributed by atoms with E-state index >= 15 is 0 Å². The van der Waals surface area contributed by atoms with Gasteiger partial charge in [0.2, 0.25) is 0 Å². The summed E-state index contributed by atoms with van der Waals surface area (Å²) in [7, 11) is 4.22. The predicted molar refractivity (Wildman–Crippen MR) is 82.1 cm³/mol. The van der Waals surface area contributed by atoms with Crippen LogP contribution in [0.3, 0.4) is 0 Å². The Morgan fingerprint density at radius 2 is 2.15 bits per heavy atom. The van der Waals surface area contributed by atoms with Gasteiger partial charge in [0, 0.05) is 24.9 Å². The van der Waals surface area contributed by atoms with Gasteiger partial charge in [0.1, 0.15) is 5.82 Å². The van der Waals surface area contributed by atoms with Crippen LogP contribution in [0.1, 0.15) is 49.4 Å². The van der Waals surface area contributed by atoms with E-state index in [1.54, 1.807) is 0 Å². The number of nitrogens with one attached hydrogen (secondary N) is 1. The quantitative estimate of drug-likeness (QED) is 0.924. The second-order valence-electron chi connectivity index (χ2n) is 6.67. The molecule has 1 heterocycles. The highest BCUT2D eigenvalue weighted by atomic mass is 15.1.